The minimum absolute atomic E-state index is 0.156. The van der Waals surface area contributed by atoms with E-state index in [9.17, 15) is 13.2 Å². The Morgan fingerprint density at radius 3 is 2.16 bits per heavy atom. The number of hydrogen-bond acceptors (Lipinski definition) is 4. The molecule has 1 heterocycles. The Morgan fingerprint density at radius 2 is 1.84 bits per heavy atom. The number of anilines is 1. The van der Waals surface area contributed by atoms with Crippen molar-refractivity contribution in [3.8, 4) is 0 Å². The van der Waals surface area contributed by atoms with Crippen LogP contribution in [0.4, 0.5) is 18.3 Å². The molecule has 110 valence electrons. The molecule has 0 atom stereocenters. The second-order valence-corrected chi connectivity index (χ2v) is 6.06. The lowest BCUT2D eigenvalue weighted by Crippen LogP contribution is -2.39. The highest BCUT2D eigenvalue weighted by Gasteiger charge is 2.33. The molecule has 7 heteroatoms. The van der Waals surface area contributed by atoms with Crippen LogP contribution in [0.2, 0.25) is 0 Å². The van der Waals surface area contributed by atoms with Crippen LogP contribution < -0.4 is 10.6 Å². The highest BCUT2D eigenvalue weighted by Crippen LogP contribution is 2.33. The van der Waals surface area contributed by atoms with Crippen molar-refractivity contribution in [1.82, 2.24) is 4.98 Å². The number of alkyl halides is 3. The quantitative estimate of drug-likeness (QED) is 0.904. The summed E-state index contributed by atoms with van der Waals surface area (Å²) in [6.45, 7) is 6.69. The third-order valence-corrected chi connectivity index (χ3v) is 3.80. The first kappa shape index (κ1) is 16.2. The van der Waals surface area contributed by atoms with Gasteiger partial charge < -0.3 is 10.6 Å². The van der Waals surface area contributed by atoms with Gasteiger partial charge >= 0.3 is 6.18 Å². The lowest BCUT2D eigenvalue weighted by molar-refractivity contribution is -0.120. The van der Waals surface area contributed by atoms with Gasteiger partial charge in [0.25, 0.3) is 0 Å². The van der Waals surface area contributed by atoms with Gasteiger partial charge in [-0.1, -0.05) is 13.8 Å². The Bertz CT molecular complexity index is 413. The van der Waals surface area contributed by atoms with Crippen LogP contribution in [0.1, 0.15) is 44.2 Å². The van der Waals surface area contributed by atoms with Crippen molar-refractivity contribution >= 4 is 16.5 Å². The van der Waals surface area contributed by atoms with Gasteiger partial charge in [-0.2, -0.15) is 13.2 Å². The van der Waals surface area contributed by atoms with Crippen molar-refractivity contribution in [2.45, 2.75) is 52.4 Å². The van der Waals surface area contributed by atoms with Crippen LogP contribution in [0, 0.1) is 0 Å². The molecular formula is C12H20F3N3S. The van der Waals surface area contributed by atoms with Crippen molar-refractivity contribution in [3.05, 3.63) is 10.6 Å². The molecule has 1 aromatic rings. The van der Waals surface area contributed by atoms with Crippen LogP contribution in [-0.4, -0.2) is 23.7 Å². The number of hydrogen-bond donors (Lipinski definition) is 1. The molecule has 0 saturated carbocycles. The van der Waals surface area contributed by atoms with Crippen LogP contribution in [0.3, 0.4) is 0 Å². The SMILES string of the molecule is CC(C)c1nc(N(CC(F)(F)F)C(C)C)sc1CN. The summed E-state index contributed by atoms with van der Waals surface area (Å²) in [4.78, 5) is 6.48. The Kier molecular flexibility index (Phi) is 5.20. The fourth-order valence-electron chi connectivity index (χ4n) is 1.74. The van der Waals surface area contributed by atoms with Crippen molar-refractivity contribution in [2.24, 2.45) is 5.73 Å². The number of rotatable bonds is 5. The van der Waals surface area contributed by atoms with Gasteiger partial charge in [-0.05, 0) is 19.8 Å². The van der Waals surface area contributed by atoms with Crippen molar-refractivity contribution in [2.75, 3.05) is 11.4 Å². The van der Waals surface area contributed by atoms with E-state index in [1.54, 1.807) is 13.8 Å². The number of nitrogens with two attached hydrogens (primary N) is 1. The maximum absolute atomic E-state index is 12.6. The van der Waals surface area contributed by atoms with E-state index in [1.807, 2.05) is 13.8 Å². The fraction of sp³-hybridized carbons (Fsp3) is 0.750. The predicted octanol–water partition coefficient (Wildman–Crippen LogP) is 3.50. The summed E-state index contributed by atoms with van der Waals surface area (Å²) in [5.41, 5.74) is 6.44. The van der Waals surface area contributed by atoms with Gasteiger partial charge in [0.05, 0.1) is 5.69 Å². The second-order valence-electron chi connectivity index (χ2n) is 5.00. The molecule has 0 aliphatic heterocycles. The maximum Gasteiger partial charge on any atom is 0.406 e. The minimum atomic E-state index is -4.24. The van der Waals surface area contributed by atoms with E-state index in [0.29, 0.717) is 11.7 Å². The van der Waals surface area contributed by atoms with E-state index in [2.05, 4.69) is 4.98 Å². The van der Waals surface area contributed by atoms with E-state index in [1.165, 1.54) is 16.2 Å². The zero-order valence-electron chi connectivity index (χ0n) is 11.6. The number of nitrogens with zero attached hydrogens (tertiary/aromatic N) is 2. The van der Waals surface area contributed by atoms with Crippen molar-refractivity contribution < 1.29 is 13.2 Å². The van der Waals surface area contributed by atoms with E-state index in [0.717, 1.165) is 10.6 Å². The molecule has 0 aromatic carbocycles. The lowest BCUT2D eigenvalue weighted by Gasteiger charge is -2.27. The third-order valence-electron chi connectivity index (χ3n) is 2.67. The van der Waals surface area contributed by atoms with Gasteiger partial charge in [0.1, 0.15) is 6.54 Å². The summed E-state index contributed by atoms with van der Waals surface area (Å²) in [6, 6.07) is -0.265. The van der Waals surface area contributed by atoms with Crippen LogP contribution in [0.5, 0.6) is 0 Å². The minimum Gasteiger partial charge on any atom is -0.337 e. The molecule has 0 radical (unpaired) electrons. The third kappa shape index (κ3) is 4.35. The number of halogens is 3. The van der Waals surface area contributed by atoms with Gasteiger partial charge in [0.2, 0.25) is 0 Å². The predicted molar refractivity (Wildman–Crippen MR) is 72.6 cm³/mol. The smallest absolute Gasteiger partial charge is 0.337 e. The van der Waals surface area contributed by atoms with Crippen LogP contribution >= 0.6 is 11.3 Å². The first-order chi connectivity index (χ1) is 8.65. The zero-order chi connectivity index (χ0) is 14.8. The van der Waals surface area contributed by atoms with E-state index in [4.69, 9.17) is 5.73 Å². The van der Waals surface area contributed by atoms with Gasteiger partial charge in [-0.15, -0.1) is 11.3 Å². The number of aromatic nitrogens is 1. The van der Waals surface area contributed by atoms with Gasteiger partial charge in [0, 0.05) is 17.5 Å². The first-order valence-electron chi connectivity index (χ1n) is 6.18. The summed E-state index contributed by atoms with van der Waals surface area (Å²) in [5.74, 6) is 0.156. The van der Waals surface area contributed by atoms with Crippen molar-refractivity contribution in [1.29, 1.82) is 0 Å². The Morgan fingerprint density at radius 1 is 1.26 bits per heavy atom. The van der Waals surface area contributed by atoms with E-state index < -0.39 is 12.7 Å². The maximum atomic E-state index is 12.6. The number of thiazole rings is 1. The van der Waals surface area contributed by atoms with Gasteiger partial charge in [-0.3, -0.25) is 0 Å². The van der Waals surface area contributed by atoms with E-state index in [-0.39, 0.29) is 12.0 Å². The zero-order valence-corrected chi connectivity index (χ0v) is 12.4. The average Bonchev–Trinajstić information content (AvgIpc) is 2.68. The molecule has 1 rings (SSSR count). The van der Waals surface area contributed by atoms with Crippen LogP contribution in [0.15, 0.2) is 0 Å². The molecule has 0 bridgehead atoms. The summed E-state index contributed by atoms with van der Waals surface area (Å²) in [7, 11) is 0. The average molecular weight is 295 g/mol. The van der Waals surface area contributed by atoms with Crippen LogP contribution in [0.25, 0.3) is 0 Å². The Balaban J connectivity index is 3.10. The highest BCUT2D eigenvalue weighted by atomic mass is 32.1. The normalized spacial score (nSPS) is 12.5. The first-order valence-corrected chi connectivity index (χ1v) is 7.00. The summed E-state index contributed by atoms with van der Waals surface area (Å²) < 4.78 is 37.8. The molecule has 0 saturated heterocycles. The van der Waals surface area contributed by atoms with Crippen molar-refractivity contribution in [3.63, 3.8) is 0 Å². The molecule has 0 spiro atoms. The van der Waals surface area contributed by atoms with Gasteiger partial charge in [-0.25, -0.2) is 4.98 Å². The molecule has 0 aliphatic rings. The monoisotopic (exact) mass is 295 g/mol. The Labute approximate surface area is 115 Å². The second kappa shape index (κ2) is 6.09. The van der Waals surface area contributed by atoms with E-state index >= 15 is 0 Å². The standard InChI is InChI=1S/C12H20F3N3S/c1-7(2)10-9(5-16)19-11(17-10)18(8(3)4)6-12(13,14)15/h7-8H,5-6,16H2,1-4H3. The highest BCUT2D eigenvalue weighted by molar-refractivity contribution is 7.15. The molecule has 1 aromatic heterocycles. The molecule has 2 N–H and O–H groups in total. The summed E-state index contributed by atoms with van der Waals surface area (Å²) in [5, 5.41) is 0.400. The summed E-state index contributed by atoms with van der Waals surface area (Å²) >= 11 is 1.25. The molecule has 19 heavy (non-hydrogen) atoms. The molecular weight excluding hydrogens is 275 g/mol. The molecule has 0 aliphatic carbocycles. The Hall–Kier alpha value is -0.820. The van der Waals surface area contributed by atoms with Crippen LogP contribution in [-0.2, 0) is 6.54 Å². The largest absolute Gasteiger partial charge is 0.406 e. The topological polar surface area (TPSA) is 42.2 Å². The fourth-order valence-corrected chi connectivity index (χ4v) is 2.96. The molecule has 0 amide bonds. The lowest BCUT2D eigenvalue weighted by atomic mass is 10.1. The summed E-state index contributed by atoms with van der Waals surface area (Å²) in [6.07, 6.45) is -4.24. The molecule has 0 fully saturated rings. The molecule has 0 unspecified atom stereocenters. The van der Waals surface area contributed by atoms with Gasteiger partial charge in [0.15, 0.2) is 5.13 Å². The molecule has 3 nitrogen and oxygen atoms in total.